The highest BCUT2D eigenvalue weighted by Gasteiger charge is 2.31. The van der Waals surface area contributed by atoms with Gasteiger partial charge in [0.1, 0.15) is 42.0 Å². The Balaban J connectivity index is 1.68. The fourth-order valence-electron chi connectivity index (χ4n) is 6.59. The smallest absolute Gasteiger partial charge is 0.329 e. The van der Waals surface area contributed by atoms with E-state index < -0.39 is 35.9 Å². The summed E-state index contributed by atoms with van der Waals surface area (Å²) in [5.74, 6) is -2.16. The number of benzene rings is 3. The molecule has 0 radical (unpaired) electrons. The monoisotopic (exact) mass is 788 g/mol. The third kappa shape index (κ3) is 19.1. The predicted octanol–water partition coefficient (Wildman–Crippen LogP) is 6.27. The van der Waals surface area contributed by atoms with E-state index in [1.54, 1.807) is 36.4 Å². The highest BCUT2D eigenvalue weighted by molar-refractivity contribution is 5.94. The first-order chi connectivity index (χ1) is 27.6. The van der Waals surface area contributed by atoms with E-state index in [0.29, 0.717) is 23.1 Å². The van der Waals surface area contributed by atoms with Crippen molar-refractivity contribution in [1.29, 1.82) is 0 Å². The number of nitrogens with two attached hydrogens (primary N) is 1. The number of carbonyl (C=O) groups is 4. The largest absolute Gasteiger partial charge is 0.508 e. The molecule has 0 aliphatic rings. The molecule has 12 heteroatoms. The van der Waals surface area contributed by atoms with E-state index in [2.05, 4.69) is 22.9 Å². The van der Waals surface area contributed by atoms with Crippen molar-refractivity contribution < 1.29 is 39.2 Å². The van der Waals surface area contributed by atoms with E-state index in [4.69, 9.17) is 10.5 Å². The van der Waals surface area contributed by atoms with Crippen LogP contribution in [0, 0.1) is 0 Å². The van der Waals surface area contributed by atoms with Crippen molar-refractivity contribution in [3.63, 3.8) is 0 Å². The van der Waals surface area contributed by atoms with Crippen LogP contribution in [-0.4, -0.2) is 70.3 Å². The summed E-state index contributed by atoms with van der Waals surface area (Å²) < 4.78 is 5.28. The highest BCUT2D eigenvalue weighted by atomic mass is 16.5. The lowest BCUT2D eigenvalue weighted by atomic mass is 10.0. The lowest BCUT2D eigenvalue weighted by Crippen LogP contribution is -2.57. The summed E-state index contributed by atoms with van der Waals surface area (Å²) in [4.78, 5) is 54.4. The number of rotatable bonds is 28. The Hall–Kier alpha value is -5.10. The second-order valence-corrected chi connectivity index (χ2v) is 14.8. The number of hydrogen-bond donors (Lipinski definition) is 7. The summed E-state index contributed by atoms with van der Waals surface area (Å²) in [6.45, 7) is 2.25. The van der Waals surface area contributed by atoms with Gasteiger partial charge in [0.25, 0.3) is 0 Å². The number of esters is 1. The van der Waals surface area contributed by atoms with Gasteiger partial charge in [-0.2, -0.15) is 0 Å². The summed E-state index contributed by atoms with van der Waals surface area (Å²) in [5, 5.41) is 37.9. The fraction of sp³-hybridized carbons (Fsp3) is 0.511. The van der Waals surface area contributed by atoms with Crippen molar-refractivity contribution in [1.82, 2.24) is 16.0 Å². The number of unbranched alkanes of at least 4 members (excludes halogenated alkanes) is 12. The van der Waals surface area contributed by atoms with Crippen LogP contribution in [0.5, 0.6) is 17.2 Å². The van der Waals surface area contributed by atoms with Crippen LogP contribution >= 0.6 is 0 Å². The highest BCUT2D eigenvalue weighted by Crippen LogP contribution is 2.17. The SMILES string of the molecule is CCCCCCCCCCCCCCCC(=O)N[C@@H](Cc1ccc(O)cc1)C(=O)N[C@@H](Cc1ccc(O)cc1)C(=O)N[C@@H](Cc1ccc(O)cc1)C(=O)OCCN. The molecule has 0 spiro atoms. The number of amides is 3. The molecule has 0 saturated heterocycles. The quantitative estimate of drug-likeness (QED) is 0.0327. The standard InChI is InChI=1S/C45H64N4O8/c1-2-3-4-5-6-7-8-9-10-11-12-13-14-15-42(53)47-39(30-33-16-22-36(50)23-17-33)43(54)48-40(31-34-18-24-37(51)25-19-34)44(55)49-41(45(56)57-29-28-46)32-35-20-26-38(52)27-21-35/h16-27,39-41,50-52H,2-15,28-32,46H2,1H3,(H,47,53)(H,48,54)(H,49,55)/t39-,40-,41-/m0/s1. The van der Waals surface area contributed by atoms with Gasteiger partial charge in [-0.1, -0.05) is 120 Å². The van der Waals surface area contributed by atoms with Gasteiger partial charge < -0.3 is 41.7 Å². The van der Waals surface area contributed by atoms with Gasteiger partial charge in [-0.25, -0.2) is 4.79 Å². The Morgan fingerprint density at radius 1 is 0.526 bits per heavy atom. The molecule has 0 saturated carbocycles. The molecule has 3 rings (SSSR count). The molecular formula is C45H64N4O8. The van der Waals surface area contributed by atoms with Gasteiger partial charge in [-0.3, -0.25) is 14.4 Å². The number of carbonyl (C=O) groups excluding carboxylic acids is 4. The van der Waals surface area contributed by atoms with E-state index in [0.717, 1.165) is 19.3 Å². The van der Waals surface area contributed by atoms with Crippen LogP contribution in [0.4, 0.5) is 0 Å². The van der Waals surface area contributed by atoms with Gasteiger partial charge in [-0.05, 0) is 59.5 Å². The molecule has 0 aliphatic heterocycles. The maximum Gasteiger partial charge on any atom is 0.329 e. The Morgan fingerprint density at radius 2 is 0.877 bits per heavy atom. The van der Waals surface area contributed by atoms with Crippen molar-refractivity contribution in [2.75, 3.05) is 13.2 Å². The first-order valence-electron chi connectivity index (χ1n) is 20.7. The number of phenolic OH excluding ortho intramolecular Hbond substituents is 3. The first kappa shape index (κ1) is 46.3. The minimum atomic E-state index is -1.20. The zero-order valence-electron chi connectivity index (χ0n) is 33.6. The average Bonchev–Trinajstić information content (AvgIpc) is 3.20. The third-order valence-electron chi connectivity index (χ3n) is 9.88. The zero-order valence-corrected chi connectivity index (χ0v) is 33.6. The lowest BCUT2D eigenvalue weighted by Gasteiger charge is -2.25. The van der Waals surface area contributed by atoms with Crippen LogP contribution in [0.15, 0.2) is 72.8 Å². The summed E-state index contributed by atoms with van der Waals surface area (Å²) >= 11 is 0. The van der Waals surface area contributed by atoms with Crippen molar-refractivity contribution in [2.24, 2.45) is 5.73 Å². The van der Waals surface area contributed by atoms with Gasteiger partial charge in [0.2, 0.25) is 17.7 Å². The molecule has 3 atom stereocenters. The second-order valence-electron chi connectivity index (χ2n) is 14.8. The van der Waals surface area contributed by atoms with Crippen LogP contribution in [0.1, 0.15) is 114 Å². The Bertz CT molecular complexity index is 1620. The summed E-state index contributed by atoms with van der Waals surface area (Å²) in [5.41, 5.74) is 7.50. The van der Waals surface area contributed by atoms with Gasteiger partial charge in [0.05, 0.1) is 0 Å². The summed E-state index contributed by atoms with van der Waals surface area (Å²) in [7, 11) is 0. The van der Waals surface area contributed by atoms with Gasteiger partial charge >= 0.3 is 5.97 Å². The second kappa shape index (κ2) is 26.7. The predicted molar refractivity (Wildman–Crippen MR) is 222 cm³/mol. The molecule has 0 heterocycles. The molecule has 3 aromatic carbocycles. The molecule has 312 valence electrons. The van der Waals surface area contributed by atoms with E-state index in [-0.39, 0.29) is 62.0 Å². The Labute approximate surface area is 338 Å². The van der Waals surface area contributed by atoms with Gasteiger partial charge in [-0.15, -0.1) is 0 Å². The minimum absolute atomic E-state index is 0.000461. The molecule has 0 aliphatic carbocycles. The number of ether oxygens (including phenoxy) is 1. The molecule has 12 nitrogen and oxygen atoms in total. The topological polar surface area (TPSA) is 200 Å². The molecule has 8 N–H and O–H groups in total. The molecular weight excluding hydrogens is 725 g/mol. The Morgan fingerprint density at radius 3 is 1.28 bits per heavy atom. The van der Waals surface area contributed by atoms with E-state index in [9.17, 15) is 34.5 Å². The summed E-state index contributed by atoms with van der Waals surface area (Å²) in [6, 6.07) is 15.3. The zero-order chi connectivity index (χ0) is 41.3. The maximum atomic E-state index is 14.1. The molecule has 0 bridgehead atoms. The molecule has 57 heavy (non-hydrogen) atoms. The number of phenols is 3. The maximum absolute atomic E-state index is 14.1. The van der Waals surface area contributed by atoms with E-state index in [1.165, 1.54) is 94.2 Å². The van der Waals surface area contributed by atoms with Crippen LogP contribution < -0.4 is 21.7 Å². The van der Waals surface area contributed by atoms with Crippen LogP contribution in [0.25, 0.3) is 0 Å². The van der Waals surface area contributed by atoms with Crippen molar-refractivity contribution >= 4 is 23.7 Å². The van der Waals surface area contributed by atoms with E-state index in [1.807, 2.05) is 0 Å². The number of nitrogens with one attached hydrogen (secondary N) is 3. The van der Waals surface area contributed by atoms with E-state index >= 15 is 0 Å². The van der Waals surface area contributed by atoms with Crippen LogP contribution in [0.2, 0.25) is 0 Å². The molecule has 0 fully saturated rings. The van der Waals surface area contributed by atoms with Crippen molar-refractivity contribution in [3.8, 4) is 17.2 Å². The van der Waals surface area contributed by atoms with Crippen molar-refractivity contribution in [2.45, 2.75) is 134 Å². The van der Waals surface area contributed by atoms with Gasteiger partial charge in [0.15, 0.2) is 0 Å². The first-order valence-corrected chi connectivity index (χ1v) is 20.7. The molecule has 0 aromatic heterocycles. The lowest BCUT2D eigenvalue weighted by molar-refractivity contribution is -0.147. The normalized spacial score (nSPS) is 12.6. The number of aromatic hydroxyl groups is 3. The minimum Gasteiger partial charge on any atom is -0.508 e. The number of hydrogen-bond acceptors (Lipinski definition) is 9. The molecule has 3 amide bonds. The fourth-order valence-corrected chi connectivity index (χ4v) is 6.59. The van der Waals surface area contributed by atoms with Crippen molar-refractivity contribution in [3.05, 3.63) is 89.5 Å². The Kier molecular flexibility index (Phi) is 21.7. The molecule has 3 aromatic rings. The average molecular weight is 789 g/mol. The van der Waals surface area contributed by atoms with Crippen LogP contribution in [-0.2, 0) is 43.2 Å². The van der Waals surface area contributed by atoms with Gasteiger partial charge in [0, 0.05) is 32.2 Å². The van der Waals surface area contributed by atoms with Crippen LogP contribution in [0.3, 0.4) is 0 Å². The molecule has 0 unspecified atom stereocenters. The third-order valence-corrected chi connectivity index (χ3v) is 9.88. The summed E-state index contributed by atoms with van der Waals surface area (Å²) in [6.07, 6.45) is 15.8.